The average molecular weight is 211 g/mol. The van der Waals surface area contributed by atoms with Crippen molar-refractivity contribution >= 4 is 11.7 Å². The number of anilines is 1. The topological polar surface area (TPSA) is 52.3 Å². The van der Waals surface area contributed by atoms with Crippen LogP contribution < -0.4 is 5.73 Å². The van der Waals surface area contributed by atoms with E-state index in [2.05, 4.69) is 0 Å². The summed E-state index contributed by atoms with van der Waals surface area (Å²) in [5, 5.41) is 0. The van der Waals surface area contributed by atoms with Gasteiger partial charge in [0.05, 0.1) is 12.2 Å². The van der Waals surface area contributed by atoms with Gasteiger partial charge in [0.25, 0.3) is 0 Å². The number of halogens is 1. The summed E-state index contributed by atoms with van der Waals surface area (Å²) in [6.45, 7) is 2.29. The predicted octanol–water partition coefficient (Wildman–Crippen LogP) is 2.36. The van der Waals surface area contributed by atoms with E-state index in [0.29, 0.717) is 12.3 Å². The zero-order valence-electron chi connectivity index (χ0n) is 8.63. The van der Waals surface area contributed by atoms with Crippen molar-refractivity contribution in [2.24, 2.45) is 0 Å². The third-order valence-electron chi connectivity index (χ3n) is 1.94. The smallest absolute Gasteiger partial charge is 0.341 e. The lowest BCUT2D eigenvalue weighted by molar-refractivity contribution is 0.0494. The minimum atomic E-state index is -0.659. The molecular formula is C11H14FNO2. The molecule has 2 N–H and O–H groups in total. The van der Waals surface area contributed by atoms with Crippen molar-refractivity contribution in [1.82, 2.24) is 0 Å². The summed E-state index contributed by atoms with van der Waals surface area (Å²) in [5.74, 6) is -1.26. The van der Waals surface area contributed by atoms with Crippen molar-refractivity contribution < 1.29 is 13.9 Å². The first kappa shape index (κ1) is 11.5. The molecule has 0 bridgehead atoms. The van der Waals surface area contributed by atoms with Crippen LogP contribution in [0.3, 0.4) is 0 Å². The molecule has 0 fully saturated rings. The fraction of sp³-hybridized carbons (Fsp3) is 0.364. The lowest BCUT2D eigenvalue weighted by atomic mass is 10.2. The van der Waals surface area contributed by atoms with Crippen LogP contribution in [0.1, 0.15) is 30.1 Å². The van der Waals surface area contributed by atoms with Gasteiger partial charge in [-0.2, -0.15) is 0 Å². The van der Waals surface area contributed by atoms with Crippen LogP contribution in [-0.2, 0) is 4.74 Å². The lowest BCUT2D eigenvalue weighted by Gasteiger charge is -2.05. The summed E-state index contributed by atoms with van der Waals surface area (Å²) in [7, 11) is 0. The first-order valence-corrected chi connectivity index (χ1v) is 4.87. The van der Waals surface area contributed by atoms with Crippen LogP contribution in [0.2, 0.25) is 0 Å². The SMILES string of the molecule is CCCCOC(=O)c1cc(N)ccc1F. The molecule has 0 amide bonds. The molecule has 3 nitrogen and oxygen atoms in total. The van der Waals surface area contributed by atoms with Gasteiger partial charge in [-0.05, 0) is 24.6 Å². The number of nitrogens with two attached hydrogens (primary N) is 1. The van der Waals surface area contributed by atoms with Crippen molar-refractivity contribution in [1.29, 1.82) is 0 Å². The molecule has 0 saturated heterocycles. The molecule has 0 atom stereocenters. The summed E-state index contributed by atoms with van der Waals surface area (Å²) in [5.41, 5.74) is 5.69. The Morgan fingerprint density at radius 2 is 2.27 bits per heavy atom. The normalized spacial score (nSPS) is 10.0. The molecule has 82 valence electrons. The molecule has 1 aromatic carbocycles. The van der Waals surface area contributed by atoms with Gasteiger partial charge in [-0.15, -0.1) is 0 Å². The fourth-order valence-corrected chi connectivity index (χ4v) is 1.09. The lowest BCUT2D eigenvalue weighted by Crippen LogP contribution is -2.09. The number of rotatable bonds is 4. The summed E-state index contributed by atoms with van der Waals surface area (Å²) in [6.07, 6.45) is 1.70. The quantitative estimate of drug-likeness (QED) is 0.472. The molecule has 0 heterocycles. The molecule has 0 radical (unpaired) electrons. The van der Waals surface area contributed by atoms with E-state index in [1.54, 1.807) is 0 Å². The Morgan fingerprint density at radius 1 is 1.53 bits per heavy atom. The zero-order chi connectivity index (χ0) is 11.3. The van der Waals surface area contributed by atoms with E-state index in [4.69, 9.17) is 10.5 Å². The second kappa shape index (κ2) is 5.34. The molecule has 0 aliphatic rings. The van der Waals surface area contributed by atoms with Gasteiger partial charge in [0, 0.05) is 5.69 Å². The monoisotopic (exact) mass is 211 g/mol. The third-order valence-corrected chi connectivity index (χ3v) is 1.94. The van der Waals surface area contributed by atoms with Gasteiger partial charge in [-0.3, -0.25) is 0 Å². The zero-order valence-corrected chi connectivity index (χ0v) is 8.63. The first-order valence-electron chi connectivity index (χ1n) is 4.87. The fourth-order valence-electron chi connectivity index (χ4n) is 1.09. The maximum Gasteiger partial charge on any atom is 0.341 e. The number of benzene rings is 1. The Kier molecular flexibility index (Phi) is 4.09. The van der Waals surface area contributed by atoms with Crippen LogP contribution in [0.15, 0.2) is 18.2 Å². The molecule has 1 aromatic rings. The molecule has 0 aliphatic carbocycles. The summed E-state index contributed by atoms with van der Waals surface area (Å²) in [4.78, 5) is 11.4. The van der Waals surface area contributed by atoms with Crippen LogP contribution in [-0.4, -0.2) is 12.6 Å². The highest BCUT2D eigenvalue weighted by atomic mass is 19.1. The van der Waals surface area contributed by atoms with Gasteiger partial charge in [-0.1, -0.05) is 13.3 Å². The highest BCUT2D eigenvalue weighted by Gasteiger charge is 2.12. The van der Waals surface area contributed by atoms with Gasteiger partial charge < -0.3 is 10.5 Å². The van der Waals surface area contributed by atoms with Gasteiger partial charge in [0.1, 0.15) is 5.82 Å². The molecule has 0 aliphatic heterocycles. The first-order chi connectivity index (χ1) is 7.15. The van der Waals surface area contributed by atoms with E-state index in [-0.39, 0.29) is 5.56 Å². The molecule has 15 heavy (non-hydrogen) atoms. The Hall–Kier alpha value is -1.58. The second-order valence-corrected chi connectivity index (χ2v) is 3.23. The maximum atomic E-state index is 13.2. The van der Waals surface area contributed by atoms with Crippen molar-refractivity contribution in [3.63, 3.8) is 0 Å². The molecule has 0 saturated carbocycles. The third kappa shape index (κ3) is 3.23. The van der Waals surface area contributed by atoms with Crippen LogP contribution in [0.25, 0.3) is 0 Å². The van der Waals surface area contributed by atoms with E-state index >= 15 is 0 Å². The number of hydrogen-bond acceptors (Lipinski definition) is 3. The van der Waals surface area contributed by atoms with Crippen LogP contribution >= 0.6 is 0 Å². The van der Waals surface area contributed by atoms with Gasteiger partial charge in [0.15, 0.2) is 0 Å². The van der Waals surface area contributed by atoms with E-state index in [9.17, 15) is 9.18 Å². The van der Waals surface area contributed by atoms with E-state index in [1.165, 1.54) is 12.1 Å². The van der Waals surface area contributed by atoms with E-state index in [0.717, 1.165) is 18.9 Å². The number of ether oxygens (including phenoxy) is 1. The van der Waals surface area contributed by atoms with Crippen molar-refractivity contribution in [3.8, 4) is 0 Å². The summed E-state index contributed by atoms with van der Waals surface area (Å²) >= 11 is 0. The predicted molar refractivity (Wildman–Crippen MR) is 56.0 cm³/mol. The number of nitrogen functional groups attached to an aromatic ring is 1. The van der Waals surface area contributed by atoms with Crippen molar-refractivity contribution in [2.45, 2.75) is 19.8 Å². The number of hydrogen-bond donors (Lipinski definition) is 1. The van der Waals surface area contributed by atoms with Crippen molar-refractivity contribution in [2.75, 3.05) is 12.3 Å². The standard InChI is InChI=1S/C11H14FNO2/c1-2-3-6-15-11(14)9-7-8(13)4-5-10(9)12/h4-5,7H,2-3,6,13H2,1H3. The summed E-state index contributed by atoms with van der Waals surface area (Å²) in [6, 6.07) is 3.84. The molecule has 0 spiro atoms. The largest absolute Gasteiger partial charge is 0.462 e. The molecule has 0 unspecified atom stereocenters. The highest BCUT2D eigenvalue weighted by molar-refractivity contribution is 5.90. The Bertz CT molecular complexity index is 352. The van der Waals surface area contributed by atoms with Crippen LogP contribution in [0.4, 0.5) is 10.1 Å². The molecule has 4 heteroatoms. The number of carbonyl (C=O) groups is 1. The van der Waals surface area contributed by atoms with Gasteiger partial charge in [0.2, 0.25) is 0 Å². The second-order valence-electron chi connectivity index (χ2n) is 3.23. The Balaban J connectivity index is 2.68. The minimum absolute atomic E-state index is 0.105. The van der Waals surface area contributed by atoms with Crippen molar-refractivity contribution in [3.05, 3.63) is 29.6 Å². The van der Waals surface area contributed by atoms with E-state index in [1.807, 2.05) is 6.92 Å². The van der Waals surface area contributed by atoms with Crippen LogP contribution in [0, 0.1) is 5.82 Å². The molecular weight excluding hydrogens is 197 g/mol. The number of unbranched alkanes of at least 4 members (excludes halogenated alkanes) is 1. The minimum Gasteiger partial charge on any atom is -0.462 e. The molecule has 1 rings (SSSR count). The molecule has 0 aromatic heterocycles. The number of carbonyl (C=O) groups excluding carboxylic acids is 1. The van der Waals surface area contributed by atoms with E-state index < -0.39 is 11.8 Å². The van der Waals surface area contributed by atoms with Crippen LogP contribution in [0.5, 0.6) is 0 Å². The number of esters is 1. The summed E-state index contributed by atoms with van der Waals surface area (Å²) < 4.78 is 18.0. The Labute approximate surface area is 88.0 Å². The van der Waals surface area contributed by atoms with Gasteiger partial charge >= 0.3 is 5.97 Å². The van der Waals surface area contributed by atoms with Gasteiger partial charge in [-0.25, -0.2) is 9.18 Å². The maximum absolute atomic E-state index is 13.2. The Morgan fingerprint density at radius 3 is 2.93 bits per heavy atom. The average Bonchev–Trinajstić information content (AvgIpc) is 2.22. The highest BCUT2D eigenvalue weighted by Crippen LogP contribution is 2.13.